The molecule has 3 aromatic rings. The van der Waals surface area contributed by atoms with Crippen molar-refractivity contribution in [2.75, 3.05) is 0 Å². The number of hydrogen-bond donors (Lipinski definition) is 2. The first-order valence-corrected chi connectivity index (χ1v) is 9.56. The molecule has 1 heterocycles. The Bertz CT molecular complexity index is 975. The molecule has 0 aliphatic rings. The summed E-state index contributed by atoms with van der Waals surface area (Å²) in [6, 6.07) is 20.1. The van der Waals surface area contributed by atoms with Crippen LogP contribution in [0, 0.1) is 6.92 Å². The number of hydrogen-bond acceptors (Lipinski definition) is 3. The monoisotopic (exact) mass is 388 g/mol. The van der Waals surface area contributed by atoms with E-state index in [9.17, 15) is 9.59 Å². The molecule has 2 aromatic carbocycles. The van der Waals surface area contributed by atoms with Crippen LogP contribution in [-0.2, 0) is 4.79 Å². The zero-order chi connectivity index (χ0) is 20.6. The Morgan fingerprint density at radius 3 is 2.34 bits per heavy atom. The van der Waals surface area contributed by atoms with Gasteiger partial charge in [0.25, 0.3) is 11.8 Å². The molecule has 0 spiro atoms. The highest BCUT2D eigenvalue weighted by molar-refractivity contribution is 6.05. The minimum atomic E-state index is -0.377. The van der Waals surface area contributed by atoms with Crippen LogP contribution in [0.25, 0.3) is 6.08 Å². The summed E-state index contributed by atoms with van der Waals surface area (Å²) >= 11 is 0. The van der Waals surface area contributed by atoms with Gasteiger partial charge < -0.3 is 15.1 Å². The van der Waals surface area contributed by atoms with Gasteiger partial charge in [0.2, 0.25) is 0 Å². The number of aryl methyl sites for hydroxylation is 1. The van der Waals surface area contributed by atoms with Crippen molar-refractivity contribution < 1.29 is 14.0 Å². The van der Waals surface area contributed by atoms with Crippen molar-refractivity contribution in [2.24, 2.45) is 0 Å². The molecule has 0 fully saturated rings. The molecule has 3 rings (SSSR count). The van der Waals surface area contributed by atoms with Crippen molar-refractivity contribution in [3.8, 4) is 0 Å². The van der Waals surface area contributed by atoms with Gasteiger partial charge in [0.15, 0.2) is 0 Å². The van der Waals surface area contributed by atoms with E-state index in [1.165, 1.54) is 12.3 Å². The summed E-state index contributed by atoms with van der Waals surface area (Å²) in [5.41, 5.74) is 2.76. The normalized spacial score (nSPS) is 12.3. The molecule has 0 aliphatic carbocycles. The van der Waals surface area contributed by atoms with Gasteiger partial charge >= 0.3 is 0 Å². The van der Waals surface area contributed by atoms with Crippen LogP contribution in [0.15, 0.2) is 83.1 Å². The first-order chi connectivity index (χ1) is 14.1. The summed E-state index contributed by atoms with van der Waals surface area (Å²) in [6.07, 6.45) is 3.76. The average Bonchev–Trinajstić information content (AvgIpc) is 3.26. The van der Waals surface area contributed by atoms with Crippen molar-refractivity contribution in [1.82, 2.24) is 10.6 Å². The molecule has 0 unspecified atom stereocenters. The van der Waals surface area contributed by atoms with Crippen LogP contribution in [0.3, 0.4) is 0 Å². The van der Waals surface area contributed by atoms with Crippen LogP contribution in [0.5, 0.6) is 0 Å². The molecule has 1 aromatic heterocycles. The third-order valence-corrected chi connectivity index (χ3v) is 4.55. The maximum absolute atomic E-state index is 13.0. The highest BCUT2D eigenvalue weighted by Crippen LogP contribution is 2.18. The number of rotatable bonds is 7. The fourth-order valence-corrected chi connectivity index (χ4v) is 2.91. The van der Waals surface area contributed by atoms with Gasteiger partial charge in [-0.15, -0.1) is 0 Å². The largest absolute Gasteiger partial charge is 0.465 e. The molecule has 0 aliphatic heterocycles. The molecule has 0 radical (unpaired) electrons. The summed E-state index contributed by atoms with van der Waals surface area (Å²) in [5.74, 6) is -0.257. The van der Waals surface area contributed by atoms with E-state index in [0.717, 1.165) is 17.5 Å². The van der Waals surface area contributed by atoms with Crippen LogP contribution in [-0.4, -0.2) is 11.8 Å². The maximum Gasteiger partial charge on any atom is 0.268 e. The second-order valence-corrected chi connectivity index (χ2v) is 6.74. The Morgan fingerprint density at radius 2 is 1.72 bits per heavy atom. The molecule has 5 heteroatoms. The molecule has 1 atom stereocenters. The summed E-state index contributed by atoms with van der Waals surface area (Å²) in [4.78, 5) is 25.6. The van der Waals surface area contributed by atoms with Gasteiger partial charge in [-0.25, -0.2) is 0 Å². The van der Waals surface area contributed by atoms with E-state index in [4.69, 9.17) is 4.42 Å². The van der Waals surface area contributed by atoms with Crippen molar-refractivity contribution in [3.05, 3.63) is 101 Å². The van der Waals surface area contributed by atoms with Crippen LogP contribution < -0.4 is 10.6 Å². The molecule has 29 heavy (non-hydrogen) atoms. The Kier molecular flexibility index (Phi) is 6.63. The predicted octanol–water partition coefficient (Wildman–Crippen LogP) is 4.63. The first-order valence-electron chi connectivity index (χ1n) is 9.56. The lowest BCUT2D eigenvalue weighted by molar-refractivity contribution is -0.118. The van der Waals surface area contributed by atoms with Gasteiger partial charge in [0.05, 0.1) is 12.3 Å². The van der Waals surface area contributed by atoms with E-state index in [1.54, 1.807) is 36.4 Å². The summed E-state index contributed by atoms with van der Waals surface area (Å²) in [6.45, 7) is 4.02. The molecule has 148 valence electrons. The van der Waals surface area contributed by atoms with Gasteiger partial charge in [0.1, 0.15) is 11.5 Å². The Hall–Kier alpha value is -3.60. The van der Waals surface area contributed by atoms with Crippen LogP contribution in [0.1, 0.15) is 46.6 Å². The molecular weight excluding hydrogens is 364 g/mol. The predicted molar refractivity (Wildman–Crippen MR) is 113 cm³/mol. The quantitative estimate of drug-likeness (QED) is 0.580. The lowest BCUT2D eigenvalue weighted by Gasteiger charge is -2.19. The summed E-state index contributed by atoms with van der Waals surface area (Å²) in [5, 5.41) is 5.72. The van der Waals surface area contributed by atoms with E-state index < -0.39 is 0 Å². The number of furan rings is 1. The van der Waals surface area contributed by atoms with E-state index >= 15 is 0 Å². The van der Waals surface area contributed by atoms with E-state index in [1.807, 2.05) is 44.2 Å². The lowest BCUT2D eigenvalue weighted by Crippen LogP contribution is -2.36. The molecule has 2 amide bonds. The third-order valence-electron chi connectivity index (χ3n) is 4.55. The Balaban J connectivity index is 1.82. The number of amides is 2. The number of benzene rings is 2. The molecular formula is C24H24N2O3. The smallest absolute Gasteiger partial charge is 0.268 e. The van der Waals surface area contributed by atoms with Gasteiger partial charge in [-0.05, 0) is 43.2 Å². The molecule has 0 saturated carbocycles. The zero-order valence-electron chi connectivity index (χ0n) is 16.5. The molecule has 2 N–H and O–H groups in total. The highest BCUT2D eigenvalue weighted by Gasteiger charge is 2.19. The number of nitrogens with one attached hydrogen (secondary N) is 2. The molecule has 0 saturated heterocycles. The summed E-state index contributed by atoms with van der Waals surface area (Å²) < 4.78 is 5.32. The standard InChI is InChI=1S/C24H24N2O3/c1-3-21(18-13-11-17(2)12-14-18)25-24(28)22(16-20-10-7-15-29-20)26-23(27)19-8-5-4-6-9-19/h4-16,21H,3H2,1-2H3,(H,25,28)(H,26,27)/b22-16-/t21-/m1/s1. The lowest BCUT2D eigenvalue weighted by atomic mass is 10.0. The number of carbonyl (C=O) groups is 2. The Labute approximate surface area is 170 Å². The summed E-state index contributed by atoms with van der Waals surface area (Å²) in [7, 11) is 0. The van der Waals surface area contributed by atoms with Gasteiger partial charge in [-0.1, -0.05) is 55.0 Å². The first kappa shape index (κ1) is 20.1. The fraction of sp³-hybridized carbons (Fsp3) is 0.167. The fourth-order valence-electron chi connectivity index (χ4n) is 2.91. The minimum Gasteiger partial charge on any atom is -0.465 e. The number of carbonyl (C=O) groups excluding carboxylic acids is 2. The average molecular weight is 388 g/mol. The van der Waals surface area contributed by atoms with Crippen LogP contribution in [0.2, 0.25) is 0 Å². The van der Waals surface area contributed by atoms with Crippen LogP contribution >= 0.6 is 0 Å². The van der Waals surface area contributed by atoms with Gasteiger partial charge in [-0.2, -0.15) is 0 Å². The third kappa shape index (κ3) is 5.45. The van der Waals surface area contributed by atoms with E-state index in [0.29, 0.717) is 11.3 Å². The van der Waals surface area contributed by atoms with E-state index in [2.05, 4.69) is 10.6 Å². The highest BCUT2D eigenvalue weighted by atomic mass is 16.3. The zero-order valence-corrected chi connectivity index (χ0v) is 16.5. The van der Waals surface area contributed by atoms with Gasteiger partial charge in [0, 0.05) is 11.6 Å². The Morgan fingerprint density at radius 1 is 1.00 bits per heavy atom. The second-order valence-electron chi connectivity index (χ2n) is 6.74. The SMILES string of the molecule is CC[C@@H](NC(=O)/C(=C/c1ccco1)NC(=O)c1ccccc1)c1ccc(C)cc1. The van der Waals surface area contributed by atoms with Gasteiger partial charge in [-0.3, -0.25) is 9.59 Å². The topological polar surface area (TPSA) is 71.3 Å². The second kappa shape index (κ2) is 9.55. The minimum absolute atomic E-state index is 0.124. The maximum atomic E-state index is 13.0. The van der Waals surface area contributed by atoms with Crippen molar-refractivity contribution in [2.45, 2.75) is 26.3 Å². The molecule has 0 bridgehead atoms. The van der Waals surface area contributed by atoms with Crippen LogP contribution in [0.4, 0.5) is 0 Å². The van der Waals surface area contributed by atoms with Crippen molar-refractivity contribution >= 4 is 17.9 Å². The van der Waals surface area contributed by atoms with Crippen molar-refractivity contribution in [3.63, 3.8) is 0 Å². The van der Waals surface area contributed by atoms with E-state index in [-0.39, 0.29) is 23.6 Å². The van der Waals surface area contributed by atoms with Crippen molar-refractivity contribution in [1.29, 1.82) is 0 Å². The molecule has 5 nitrogen and oxygen atoms in total.